The lowest BCUT2D eigenvalue weighted by Crippen LogP contribution is -2.47. The molecule has 0 aliphatic carbocycles. The summed E-state index contributed by atoms with van der Waals surface area (Å²) in [7, 11) is 0. The number of nitrogens with zero attached hydrogens (tertiary/aromatic N) is 1. The molecule has 0 saturated carbocycles. The summed E-state index contributed by atoms with van der Waals surface area (Å²) in [4.78, 5) is 14.2. The fourth-order valence-electron chi connectivity index (χ4n) is 2.48. The van der Waals surface area contributed by atoms with Gasteiger partial charge in [-0.2, -0.15) is 0 Å². The van der Waals surface area contributed by atoms with Crippen molar-refractivity contribution in [3.05, 3.63) is 34.1 Å². The predicted molar refractivity (Wildman–Crippen MR) is 76.4 cm³/mol. The quantitative estimate of drug-likeness (QED) is 0.907. The maximum absolute atomic E-state index is 14.0. The zero-order valence-electron chi connectivity index (χ0n) is 10.9. The van der Waals surface area contributed by atoms with Crippen LogP contribution in [0.5, 0.6) is 0 Å². The SMILES string of the molecule is CC1CCC(CN)CN1C(=O)c1cccc(Br)c1F. The van der Waals surface area contributed by atoms with Crippen LogP contribution < -0.4 is 5.73 Å². The van der Waals surface area contributed by atoms with Crippen LogP contribution >= 0.6 is 15.9 Å². The Morgan fingerprint density at radius 2 is 2.26 bits per heavy atom. The van der Waals surface area contributed by atoms with Crippen LogP contribution in [0.2, 0.25) is 0 Å². The number of hydrogen-bond acceptors (Lipinski definition) is 2. The van der Waals surface area contributed by atoms with Gasteiger partial charge in [-0.15, -0.1) is 0 Å². The summed E-state index contributed by atoms with van der Waals surface area (Å²) in [6.45, 7) is 3.18. The molecule has 2 rings (SSSR count). The number of hydrogen-bond donors (Lipinski definition) is 1. The van der Waals surface area contributed by atoms with Crippen LogP contribution in [-0.4, -0.2) is 29.9 Å². The standard InChI is InChI=1S/C14H18BrFN2O/c1-9-5-6-10(7-17)8-18(9)14(19)11-3-2-4-12(15)13(11)16/h2-4,9-10H,5-8,17H2,1H3. The molecular formula is C14H18BrFN2O. The molecule has 1 heterocycles. The van der Waals surface area contributed by atoms with E-state index in [9.17, 15) is 9.18 Å². The summed E-state index contributed by atoms with van der Waals surface area (Å²) >= 11 is 3.11. The van der Waals surface area contributed by atoms with E-state index in [2.05, 4.69) is 15.9 Å². The number of benzene rings is 1. The highest BCUT2D eigenvalue weighted by molar-refractivity contribution is 9.10. The van der Waals surface area contributed by atoms with Gasteiger partial charge in [-0.05, 0) is 60.3 Å². The van der Waals surface area contributed by atoms with Crippen molar-refractivity contribution in [2.45, 2.75) is 25.8 Å². The summed E-state index contributed by atoms with van der Waals surface area (Å²) in [6, 6.07) is 4.93. The van der Waals surface area contributed by atoms with Crippen LogP contribution in [0.3, 0.4) is 0 Å². The first-order valence-electron chi connectivity index (χ1n) is 6.49. The number of carbonyl (C=O) groups is 1. The van der Waals surface area contributed by atoms with Gasteiger partial charge in [0.2, 0.25) is 0 Å². The van der Waals surface area contributed by atoms with Gasteiger partial charge in [-0.1, -0.05) is 6.07 Å². The first-order valence-corrected chi connectivity index (χ1v) is 7.29. The molecule has 0 bridgehead atoms. The van der Waals surface area contributed by atoms with E-state index in [1.807, 2.05) is 6.92 Å². The third kappa shape index (κ3) is 2.98. The second-order valence-electron chi connectivity index (χ2n) is 5.09. The lowest BCUT2D eigenvalue weighted by Gasteiger charge is -2.37. The van der Waals surface area contributed by atoms with Crippen LogP contribution in [0.15, 0.2) is 22.7 Å². The molecule has 0 spiro atoms. The van der Waals surface area contributed by atoms with Crippen molar-refractivity contribution in [3.8, 4) is 0 Å². The van der Waals surface area contributed by atoms with Gasteiger partial charge >= 0.3 is 0 Å². The molecule has 2 unspecified atom stereocenters. The first kappa shape index (κ1) is 14.5. The third-order valence-corrected chi connectivity index (χ3v) is 4.37. The highest BCUT2D eigenvalue weighted by atomic mass is 79.9. The second-order valence-corrected chi connectivity index (χ2v) is 5.94. The van der Waals surface area contributed by atoms with Crippen molar-refractivity contribution in [3.63, 3.8) is 0 Å². The molecule has 1 fully saturated rings. The largest absolute Gasteiger partial charge is 0.336 e. The van der Waals surface area contributed by atoms with E-state index >= 15 is 0 Å². The molecule has 1 saturated heterocycles. The number of halogens is 2. The first-order chi connectivity index (χ1) is 9.04. The molecule has 1 aliphatic heterocycles. The van der Waals surface area contributed by atoms with Gasteiger partial charge in [0.1, 0.15) is 5.82 Å². The highest BCUT2D eigenvalue weighted by Gasteiger charge is 2.30. The van der Waals surface area contributed by atoms with Gasteiger partial charge in [-0.3, -0.25) is 4.79 Å². The zero-order chi connectivity index (χ0) is 14.0. The number of nitrogens with two attached hydrogens (primary N) is 1. The van der Waals surface area contributed by atoms with E-state index in [1.165, 1.54) is 6.07 Å². The zero-order valence-corrected chi connectivity index (χ0v) is 12.5. The van der Waals surface area contributed by atoms with Crippen molar-refractivity contribution in [1.82, 2.24) is 4.90 Å². The van der Waals surface area contributed by atoms with Crippen LogP contribution in [0.4, 0.5) is 4.39 Å². The van der Waals surface area contributed by atoms with Crippen molar-refractivity contribution in [1.29, 1.82) is 0 Å². The molecule has 3 nitrogen and oxygen atoms in total. The smallest absolute Gasteiger partial charge is 0.257 e. The number of amides is 1. The maximum atomic E-state index is 14.0. The molecule has 2 atom stereocenters. The number of piperidine rings is 1. The Morgan fingerprint density at radius 3 is 2.95 bits per heavy atom. The molecule has 0 aromatic heterocycles. The number of carbonyl (C=O) groups excluding carboxylic acids is 1. The van der Waals surface area contributed by atoms with Crippen LogP contribution in [0.25, 0.3) is 0 Å². The van der Waals surface area contributed by atoms with Crippen molar-refractivity contribution in [2.24, 2.45) is 11.7 Å². The lowest BCUT2D eigenvalue weighted by atomic mass is 9.93. The fourth-order valence-corrected chi connectivity index (χ4v) is 2.85. The Balaban J connectivity index is 2.24. The molecule has 1 aromatic carbocycles. The average molecular weight is 329 g/mol. The molecule has 19 heavy (non-hydrogen) atoms. The summed E-state index contributed by atoms with van der Waals surface area (Å²) in [6.07, 6.45) is 1.95. The molecule has 1 aromatic rings. The van der Waals surface area contributed by atoms with E-state index in [1.54, 1.807) is 17.0 Å². The summed E-state index contributed by atoms with van der Waals surface area (Å²) in [5.74, 6) is -0.422. The highest BCUT2D eigenvalue weighted by Crippen LogP contribution is 2.25. The van der Waals surface area contributed by atoms with E-state index in [4.69, 9.17) is 5.73 Å². The van der Waals surface area contributed by atoms with E-state index in [-0.39, 0.29) is 17.5 Å². The monoisotopic (exact) mass is 328 g/mol. The maximum Gasteiger partial charge on any atom is 0.257 e. The van der Waals surface area contributed by atoms with Gasteiger partial charge in [0.25, 0.3) is 5.91 Å². The number of likely N-dealkylation sites (tertiary alicyclic amines) is 1. The minimum Gasteiger partial charge on any atom is -0.336 e. The summed E-state index contributed by atoms with van der Waals surface area (Å²) in [5, 5.41) is 0. The molecule has 2 N–H and O–H groups in total. The van der Waals surface area contributed by atoms with Crippen LogP contribution in [0, 0.1) is 11.7 Å². The van der Waals surface area contributed by atoms with Crippen LogP contribution in [0.1, 0.15) is 30.1 Å². The van der Waals surface area contributed by atoms with E-state index < -0.39 is 5.82 Å². The van der Waals surface area contributed by atoms with Crippen molar-refractivity contribution in [2.75, 3.05) is 13.1 Å². The Bertz CT molecular complexity index is 481. The van der Waals surface area contributed by atoms with Crippen LogP contribution in [-0.2, 0) is 0 Å². The lowest BCUT2D eigenvalue weighted by molar-refractivity contribution is 0.0562. The van der Waals surface area contributed by atoms with Crippen molar-refractivity contribution >= 4 is 21.8 Å². The van der Waals surface area contributed by atoms with Gasteiger partial charge in [0.15, 0.2) is 0 Å². The van der Waals surface area contributed by atoms with Crippen molar-refractivity contribution < 1.29 is 9.18 Å². The predicted octanol–water partition coefficient (Wildman–Crippen LogP) is 2.79. The summed E-state index contributed by atoms with van der Waals surface area (Å²) < 4.78 is 14.3. The van der Waals surface area contributed by atoms with Gasteiger partial charge < -0.3 is 10.6 Å². The molecular weight excluding hydrogens is 311 g/mol. The van der Waals surface area contributed by atoms with E-state index in [0.29, 0.717) is 23.5 Å². The van der Waals surface area contributed by atoms with Gasteiger partial charge in [-0.25, -0.2) is 4.39 Å². The second kappa shape index (κ2) is 6.01. The molecule has 104 valence electrons. The summed E-state index contributed by atoms with van der Waals surface area (Å²) in [5.41, 5.74) is 5.81. The Kier molecular flexibility index (Phi) is 4.58. The Hall–Kier alpha value is -0.940. The molecule has 5 heteroatoms. The fraction of sp³-hybridized carbons (Fsp3) is 0.500. The average Bonchev–Trinajstić information content (AvgIpc) is 2.42. The normalized spacial score (nSPS) is 23.5. The molecule has 1 aliphatic rings. The molecule has 1 amide bonds. The van der Waals surface area contributed by atoms with E-state index in [0.717, 1.165) is 12.8 Å². The van der Waals surface area contributed by atoms with Gasteiger partial charge in [0, 0.05) is 12.6 Å². The third-order valence-electron chi connectivity index (χ3n) is 3.76. The number of rotatable bonds is 2. The topological polar surface area (TPSA) is 46.3 Å². The minimum absolute atomic E-state index is 0.124. The Labute approximate surface area is 121 Å². The van der Waals surface area contributed by atoms with Gasteiger partial charge in [0.05, 0.1) is 10.0 Å². The molecule has 0 radical (unpaired) electrons. The minimum atomic E-state index is -0.491. The Morgan fingerprint density at radius 1 is 1.53 bits per heavy atom.